The summed E-state index contributed by atoms with van der Waals surface area (Å²) < 4.78 is 5.43. The maximum absolute atomic E-state index is 5.72. The van der Waals surface area contributed by atoms with Gasteiger partial charge >= 0.3 is 0 Å². The van der Waals surface area contributed by atoms with Crippen LogP contribution in [0.25, 0.3) is 0 Å². The summed E-state index contributed by atoms with van der Waals surface area (Å²) in [5.74, 6) is 6.01. The third kappa shape index (κ3) is 3.38. The molecule has 0 heterocycles. The van der Waals surface area contributed by atoms with Crippen LogP contribution >= 0.6 is 11.6 Å². The molecule has 0 spiro atoms. The highest BCUT2D eigenvalue weighted by molar-refractivity contribution is 6.30. The SMILES string of the molecule is C=CC(COc1ccc(Cl)cc1)NN. The van der Waals surface area contributed by atoms with Crippen LogP contribution in [-0.2, 0) is 0 Å². The normalized spacial score (nSPS) is 12.1. The maximum Gasteiger partial charge on any atom is 0.119 e. The van der Waals surface area contributed by atoms with Crippen molar-refractivity contribution in [1.29, 1.82) is 0 Å². The number of ether oxygens (including phenoxy) is 1. The van der Waals surface area contributed by atoms with Crippen molar-refractivity contribution in [3.63, 3.8) is 0 Å². The van der Waals surface area contributed by atoms with Crippen LogP contribution in [0.1, 0.15) is 0 Å². The van der Waals surface area contributed by atoms with Crippen molar-refractivity contribution >= 4 is 11.6 Å². The molecule has 3 nitrogen and oxygen atoms in total. The maximum atomic E-state index is 5.72. The van der Waals surface area contributed by atoms with Gasteiger partial charge in [-0.05, 0) is 24.3 Å². The zero-order chi connectivity index (χ0) is 10.4. The van der Waals surface area contributed by atoms with Gasteiger partial charge in [0.25, 0.3) is 0 Å². The second-order valence-electron chi connectivity index (χ2n) is 2.77. The van der Waals surface area contributed by atoms with Crippen LogP contribution in [0, 0.1) is 0 Å². The summed E-state index contributed by atoms with van der Waals surface area (Å²) in [6.07, 6.45) is 1.69. The third-order valence-electron chi connectivity index (χ3n) is 1.74. The summed E-state index contributed by atoms with van der Waals surface area (Å²) in [4.78, 5) is 0. The molecule has 4 heteroatoms. The predicted octanol–water partition coefficient (Wildman–Crippen LogP) is 1.74. The molecule has 3 N–H and O–H groups in total. The van der Waals surface area contributed by atoms with Gasteiger partial charge in [0.15, 0.2) is 0 Å². The van der Waals surface area contributed by atoms with E-state index in [1.807, 2.05) is 0 Å². The van der Waals surface area contributed by atoms with Crippen LogP contribution in [0.5, 0.6) is 5.75 Å². The third-order valence-corrected chi connectivity index (χ3v) is 1.99. The van der Waals surface area contributed by atoms with E-state index in [4.69, 9.17) is 22.2 Å². The summed E-state index contributed by atoms with van der Waals surface area (Å²) in [5, 5.41) is 0.689. The summed E-state index contributed by atoms with van der Waals surface area (Å²) >= 11 is 5.72. The lowest BCUT2D eigenvalue weighted by atomic mass is 10.3. The van der Waals surface area contributed by atoms with E-state index in [0.29, 0.717) is 11.6 Å². The molecule has 0 bridgehead atoms. The van der Waals surface area contributed by atoms with Crippen LogP contribution in [0.3, 0.4) is 0 Å². The van der Waals surface area contributed by atoms with E-state index in [2.05, 4.69) is 12.0 Å². The van der Waals surface area contributed by atoms with E-state index in [1.165, 1.54) is 0 Å². The average Bonchev–Trinajstić information content (AvgIpc) is 2.22. The number of rotatable bonds is 5. The van der Waals surface area contributed by atoms with Crippen LogP contribution in [-0.4, -0.2) is 12.6 Å². The molecule has 0 aromatic heterocycles. The Morgan fingerprint density at radius 1 is 1.50 bits per heavy atom. The van der Waals surface area contributed by atoms with Gasteiger partial charge in [-0.25, -0.2) is 0 Å². The Kier molecular flexibility index (Phi) is 4.46. The Hall–Kier alpha value is -1.03. The zero-order valence-corrected chi connectivity index (χ0v) is 8.50. The van der Waals surface area contributed by atoms with E-state index in [1.54, 1.807) is 30.3 Å². The van der Waals surface area contributed by atoms with Crippen molar-refractivity contribution in [3.8, 4) is 5.75 Å². The van der Waals surface area contributed by atoms with Crippen molar-refractivity contribution in [2.24, 2.45) is 5.84 Å². The Morgan fingerprint density at radius 3 is 2.64 bits per heavy atom. The lowest BCUT2D eigenvalue weighted by Crippen LogP contribution is -2.37. The summed E-state index contributed by atoms with van der Waals surface area (Å²) in [6, 6.07) is 7.11. The van der Waals surface area contributed by atoms with Gasteiger partial charge in [-0.15, -0.1) is 6.58 Å². The molecule has 0 fully saturated rings. The van der Waals surface area contributed by atoms with E-state index in [0.717, 1.165) is 5.75 Å². The van der Waals surface area contributed by atoms with Gasteiger partial charge in [-0.2, -0.15) is 0 Å². The van der Waals surface area contributed by atoms with Crippen molar-refractivity contribution in [2.75, 3.05) is 6.61 Å². The molecular formula is C10H13ClN2O. The van der Waals surface area contributed by atoms with Gasteiger partial charge < -0.3 is 4.74 Å². The van der Waals surface area contributed by atoms with Crippen LogP contribution in [0.15, 0.2) is 36.9 Å². The van der Waals surface area contributed by atoms with E-state index < -0.39 is 0 Å². The first-order chi connectivity index (χ1) is 6.76. The minimum absolute atomic E-state index is 0.0503. The minimum Gasteiger partial charge on any atom is -0.492 e. The molecule has 1 atom stereocenters. The van der Waals surface area contributed by atoms with Crippen molar-refractivity contribution in [2.45, 2.75) is 6.04 Å². The summed E-state index contributed by atoms with van der Waals surface area (Å²) in [7, 11) is 0. The number of nitrogens with two attached hydrogens (primary N) is 1. The molecular weight excluding hydrogens is 200 g/mol. The molecule has 0 aliphatic carbocycles. The molecule has 1 aromatic carbocycles. The molecule has 0 aliphatic heterocycles. The first-order valence-corrected chi connectivity index (χ1v) is 4.61. The second kappa shape index (κ2) is 5.65. The fraction of sp³-hybridized carbons (Fsp3) is 0.200. The first-order valence-electron chi connectivity index (χ1n) is 4.23. The van der Waals surface area contributed by atoms with Crippen molar-refractivity contribution in [3.05, 3.63) is 41.9 Å². The highest BCUT2D eigenvalue weighted by Gasteiger charge is 2.01. The van der Waals surface area contributed by atoms with Gasteiger partial charge in [0.2, 0.25) is 0 Å². The Balaban J connectivity index is 2.45. The monoisotopic (exact) mass is 212 g/mol. The number of halogens is 1. The molecule has 1 aromatic rings. The molecule has 0 saturated carbocycles. The molecule has 14 heavy (non-hydrogen) atoms. The van der Waals surface area contributed by atoms with Gasteiger partial charge in [0.1, 0.15) is 12.4 Å². The molecule has 1 rings (SSSR count). The Labute approximate surface area is 88.5 Å². The fourth-order valence-electron chi connectivity index (χ4n) is 0.901. The van der Waals surface area contributed by atoms with Crippen LogP contribution in [0.2, 0.25) is 5.02 Å². The second-order valence-corrected chi connectivity index (χ2v) is 3.21. The van der Waals surface area contributed by atoms with E-state index in [9.17, 15) is 0 Å². The Bertz CT molecular complexity index is 287. The highest BCUT2D eigenvalue weighted by atomic mass is 35.5. The number of hydrogen-bond acceptors (Lipinski definition) is 3. The fourth-order valence-corrected chi connectivity index (χ4v) is 1.03. The predicted molar refractivity (Wildman–Crippen MR) is 58.3 cm³/mol. The van der Waals surface area contributed by atoms with E-state index in [-0.39, 0.29) is 6.04 Å². The summed E-state index contributed by atoms with van der Waals surface area (Å²) in [6.45, 7) is 4.06. The molecule has 76 valence electrons. The van der Waals surface area contributed by atoms with Crippen molar-refractivity contribution in [1.82, 2.24) is 5.43 Å². The average molecular weight is 213 g/mol. The molecule has 0 saturated heterocycles. The van der Waals surface area contributed by atoms with E-state index >= 15 is 0 Å². The topological polar surface area (TPSA) is 47.3 Å². The number of hydrazine groups is 1. The highest BCUT2D eigenvalue weighted by Crippen LogP contribution is 2.15. The van der Waals surface area contributed by atoms with Crippen LogP contribution < -0.4 is 16.0 Å². The zero-order valence-electron chi connectivity index (χ0n) is 7.74. The smallest absolute Gasteiger partial charge is 0.119 e. The number of benzene rings is 1. The largest absolute Gasteiger partial charge is 0.492 e. The number of nitrogens with one attached hydrogen (secondary N) is 1. The Morgan fingerprint density at radius 2 is 2.14 bits per heavy atom. The van der Waals surface area contributed by atoms with Gasteiger partial charge in [-0.3, -0.25) is 11.3 Å². The first kappa shape index (κ1) is 11.0. The molecule has 1 unspecified atom stereocenters. The summed E-state index contributed by atoms with van der Waals surface area (Å²) in [5.41, 5.74) is 2.56. The quantitative estimate of drug-likeness (QED) is 0.444. The lowest BCUT2D eigenvalue weighted by Gasteiger charge is -2.12. The molecule has 0 aliphatic rings. The standard InChI is InChI=1S/C10H13ClN2O/c1-2-9(13-12)7-14-10-5-3-8(11)4-6-10/h2-6,9,13H,1,7,12H2. The number of hydrogen-bond donors (Lipinski definition) is 2. The van der Waals surface area contributed by atoms with Gasteiger partial charge in [0, 0.05) is 5.02 Å². The molecule has 0 radical (unpaired) electrons. The van der Waals surface area contributed by atoms with Crippen LogP contribution in [0.4, 0.5) is 0 Å². The van der Waals surface area contributed by atoms with Gasteiger partial charge in [0.05, 0.1) is 6.04 Å². The van der Waals surface area contributed by atoms with Crippen molar-refractivity contribution < 1.29 is 4.74 Å². The molecule has 0 amide bonds. The van der Waals surface area contributed by atoms with Gasteiger partial charge in [-0.1, -0.05) is 17.7 Å². The lowest BCUT2D eigenvalue weighted by molar-refractivity contribution is 0.287. The minimum atomic E-state index is -0.0503.